The number of aliphatic imine (C=N–C) groups is 1. The van der Waals surface area contributed by atoms with Crippen molar-refractivity contribution >= 4 is 5.96 Å². The number of nitrogens with one attached hydrogen (secondary N) is 2. The van der Waals surface area contributed by atoms with Crippen LogP contribution in [0.5, 0.6) is 0 Å². The Hall–Kier alpha value is -1.66. The van der Waals surface area contributed by atoms with Crippen molar-refractivity contribution in [3.63, 3.8) is 0 Å². The van der Waals surface area contributed by atoms with E-state index in [0.717, 1.165) is 63.8 Å². The van der Waals surface area contributed by atoms with Crippen LogP contribution in [0, 0.1) is 11.7 Å². The quantitative estimate of drug-likeness (QED) is 0.393. The smallest absolute Gasteiger partial charge is 0.191 e. The number of hydrogen-bond acceptors (Lipinski definition) is 3. The third-order valence-corrected chi connectivity index (χ3v) is 5.00. The van der Waals surface area contributed by atoms with E-state index in [2.05, 4.69) is 29.5 Å². The van der Waals surface area contributed by atoms with Crippen LogP contribution in [0.1, 0.15) is 38.7 Å². The molecule has 27 heavy (non-hydrogen) atoms. The lowest BCUT2D eigenvalue weighted by Gasteiger charge is -2.27. The molecule has 0 radical (unpaired) electrons. The van der Waals surface area contributed by atoms with Gasteiger partial charge in [0, 0.05) is 52.0 Å². The zero-order valence-electron chi connectivity index (χ0n) is 16.9. The van der Waals surface area contributed by atoms with E-state index >= 15 is 0 Å². The summed E-state index contributed by atoms with van der Waals surface area (Å²) in [7, 11) is 1.77. The first-order valence-corrected chi connectivity index (χ1v) is 9.87. The van der Waals surface area contributed by atoms with Crippen LogP contribution in [0.4, 0.5) is 4.39 Å². The average molecular weight is 380 g/mol. The maximum atomic E-state index is 13.1. The number of halogens is 1. The van der Waals surface area contributed by atoms with E-state index in [4.69, 9.17) is 9.47 Å². The molecule has 1 aromatic rings. The highest BCUT2D eigenvalue weighted by molar-refractivity contribution is 5.79. The molecule has 0 aromatic heterocycles. The van der Waals surface area contributed by atoms with Gasteiger partial charge in [0.2, 0.25) is 0 Å². The molecule has 6 heteroatoms. The van der Waals surface area contributed by atoms with Crippen molar-refractivity contribution in [2.45, 2.75) is 38.5 Å². The Morgan fingerprint density at radius 1 is 1.22 bits per heavy atom. The summed E-state index contributed by atoms with van der Waals surface area (Å²) < 4.78 is 24.3. The lowest BCUT2D eigenvalue weighted by atomic mass is 9.84. The third kappa shape index (κ3) is 7.85. The van der Waals surface area contributed by atoms with Crippen molar-refractivity contribution in [3.8, 4) is 0 Å². The Morgan fingerprint density at radius 3 is 2.59 bits per heavy atom. The molecular weight excluding hydrogens is 345 g/mol. The van der Waals surface area contributed by atoms with Crippen molar-refractivity contribution < 1.29 is 13.9 Å². The number of guanidine groups is 1. The van der Waals surface area contributed by atoms with Crippen molar-refractivity contribution in [1.82, 2.24) is 10.6 Å². The molecule has 1 saturated heterocycles. The molecule has 0 bridgehead atoms. The Morgan fingerprint density at radius 2 is 1.93 bits per heavy atom. The van der Waals surface area contributed by atoms with Crippen molar-refractivity contribution in [1.29, 1.82) is 0 Å². The van der Waals surface area contributed by atoms with Crippen LogP contribution in [-0.2, 0) is 14.9 Å². The van der Waals surface area contributed by atoms with Gasteiger partial charge in [-0.25, -0.2) is 4.39 Å². The van der Waals surface area contributed by atoms with E-state index < -0.39 is 0 Å². The zero-order valence-corrected chi connectivity index (χ0v) is 16.9. The standard InChI is InChI=1S/C21H34FN3O2/c1-21(2,18-5-7-19(22)8-6-18)16-25-20(23-3)24-11-4-12-27-15-17-9-13-26-14-10-17/h5-8,17H,4,9-16H2,1-3H3,(H2,23,24,25). The lowest BCUT2D eigenvalue weighted by Crippen LogP contribution is -2.43. The SMILES string of the molecule is CN=C(NCCCOCC1CCOCC1)NCC(C)(C)c1ccc(F)cc1. The van der Waals surface area contributed by atoms with Crippen molar-refractivity contribution in [2.24, 2.45) is 10.9 Å². The second kappa shape index (κ2) is 11.2. The molecule has 0 aliphatic carbocycles. The van der Waals surface area contributed by atoms with E-state index in [0.29, 0.717) is 12.5 Å². The highest BCUT2D eigenvalue weighted by Gasteiger charge is 2.21. The fourth-order valence-corrected chi connectivity index (χ4v) is 3.07. The molecule has 1 aromatic carbocycles. The first-order chi connectivity index (χ1) is 13.0. The first-order valence-electron chi connectivity index (χ1n) is 9.87. The van der Waals surface area contributed by atoms with Crippen LogP contribution in [0.15, 0.2) is 29.3 Å². The van der Waals surface area contributed by atoms with Gasteiger partial charge >= 0.3 is 0 Å². The van der Waals surface area contributed by atoms with Gasteiger partial charge in [0.25, 0.3) is 0 Å². The van der Waals surface area contributed by atoms with Gasteiger partial charge in [0.05, 0.1) is 0 Å². The number of hydrogen-bond donors (Lipinski definition) is 2. The second-order valence-corrected chi connectivity index (χ2v) is 7.73. The first kappa shape index (κ1) is 21.6. The van der Waals surface area contributed by atoms with Gasteiger partial charge in [-0.1, -0.05) is 26.0 Å². The molecule has 2 rings (SSSR count). The molecule has 5 nitrogen and oxygen atoms in total. The Bertz CT molecular complexity index is 569. The topological polar surface area (TPSA) is 54.9 Å². The molecule has 1 heterocycles. The molecule has 2 N–H and O–H groups in total. The molecule has 0 atom stereocenters. The largest absolute Gasteiger partial charge is 0.381 e. The zero-order chi connectivity index (χ0) is 19.5. The molecule has 152 valence electrons. The molecule has 0 spiro atoms. The van der Waals surface area contributed by atoms with E-state index in [1.54, 1.807) is 7.05 Å². The summed E-state index contributed by atoms with van der Waals surface area (Å²) in [5, 5.41) is 6.68. The second-order valence-electron chi connectivity index (χ2n) is 7.73. The van der Waals surface area contributed by atoms with Gasteiger partial charge in [-0.05, 0) is 42.9 Å². The highest BCUT2D eigenvalue weighted by Crippen LogP contribution is 2.22. The molecule has 1 aliphatic heterocycles. The molecule has 0 unspecified atom stereocenters. The van der Waals surface area contributed by atoms with E-state index in [1.165, 1.54) is 12.1 Å². The molecular formula is C21H34FN3O2. The predicted molar refractivity (Wildman–Crippen MR) is 108 cm³/mol. The van der Waals surface area contributed by atoms with Crippen LogP contribution in [0.3, 0.4) is 0 Å². The maximum absolute atomic E-state index is 13.1. The Labute approximate surface area is 162 Å². The number of benzene rings is 1. The fraction of sp³-hybridized carbons (Fsp3) is 0.667. The summed E-state index contributed by atoms with van der Waals surface area (Å²) in [6, 6.07) is 6.68. The Kier molecular flexibility index (Phi) is 9.01. The maximum Gasteiger partial charge on any atom is 0.191 e. The van der Waals surface area contributed by atoms with Crippen molar-refractivity contribution in [3.05, 3.63) is 35.6 Å². The van der Waals surface area contributed by atoms with Crippen LogP contribution in [0.2, 0.25) is 0 Å². The summed E-state index contributed by atoms with van der Waals surface area (Å²) >= 11 is 0. The highest BCUT2D eigenvalue weighted by atomic mass is 19.1. The number of rotatable bonds is 9. The number of nitrogens with zero attached hydrogens (tertiary/aromatic N) is 1. The van der Waals surface area contributed by atoms with E-state index in [9.17, 15) is 4.39 Å². The van der Waals surface area contributed by atoms with Gasteiger partial charge in [-0.2, -0.15) is 0 Å². The monoisotopic (exact) mass is 379 g/mol. The van der Waals surface area contributed by atoms with Crippen LogP contribution >= 0.6 is 0 Å². The summed E-state index contributed by atoms with van der Waals surface area (Å²) in [4.78, 5) is 4.27. The van der Waals surface area contributed by atoms with Crippen LogP contribution in [0.25, 0.3) is 0 Å². The Balaban J connectivity index is 1.61. The molecule has 1 aliphatic rings. The molecule has 0 saturated carbocycles. The average Bonchev–Trinajstić information content (AvgIpc) is 2.68. The summed E-state index contributed by atoms with van der Waals surface area (Å²) in [6.07, 6.45) is 3.16. The predicted octanol–water partition coefficient (Wildman–Crippen LogP) is 3.10. The third-order valence-electron chi connectivity index (χ3n) is 5.00. The van der Waals surface area contributed by atoms with Crippen molar-refractivity contribution in [2.75, 3.05) is 46.6 Å². The molecule has 1 fully saturated rings. The minimum atomic E-state index is -0.209. The lowest BCUT2D eigenvalue weighted by molar-refractivity contribution is 0.0203. The van der Waals surface area contributed by atoms with Gasteiger partial charge in [0.15, 0.2) is 5.96 Å². The number of ether oxygens (including phenoxy) is 2. The summed E-state index contributed by atoms with van der Waals surface area (Å²) in [6.45, 7) is 9.10. The van der Waals surface area contributed by atoms with Crippen LogP contribution in [-0.4, -0.2) is 52.5 Å². The van der Waals surface area contributed by atoms with Gasteiger partial charge < -0.3 is 20.1 Å². The van der Waals surface area contributed by atoms with Gasteiger partial charge in [-0.3, -0.25) is 4.99 Å². The summed E-state index contributed by atoms with van der Waals surface area (Å²) in [5.74, 6) is 1.21. The van der Waals surface area contributed by atoms with Crippen LogP contribution < -0.4 is 10.6 Å². The molecule has 0 amide bonds. The van der Waals surface area contributed by atoms with E-state index in [1.807, 2.05) is 12.1 Å². The van der Waals surface area contributed by atoms with Gasteiger partial charge in [0.1, 0.15) is 5.82 Å². The fourth-order valence-electron chi connectivity index (χ4n) is 3.07. The summed E-state index contributed by atoms with van der Waals surface area (Å²) in [5.41, 5.74) is 0.964. The van der Waals surface area contributed by atoms with Gasteiger partial charge in [-0.15, -0.1) is 0 Å². The minimum absolute atomic E-state index is 0.127. The normalized spacial score (nSPS) is 16.4. The van der Waals surface area contributed by atoms with E-state index in [-0.39, 0.29) is 11.2 Å². The minimum Gasteiger partial charge on any atom is -0.381 e.